The number of halogens is 1. The van der Waals surface area contributed by atoms with Gasteiger partial charge in [0.05, 0.1) is 11.3 Å². The topological polar surface area (TPSA) is 58.6 Å². The molecule has 1 rings (SSSR count). The third-order valence-electron chi connectivity index (χ3n) is 2.22. The average molecular weight is 241 g/mol. The Morgan fingerprint density at radius 3 is 2.94 bits per heavy atom. The Hall–Kier alpha value is -1.62. The van der Waals surface area contributed by atoms with Gasteiger partial charge in [0, 0.05) is 19.8 Å². The van der Waals surface area contributed by atoms with Crippen LogP contribution in [0.15, 0.2) is 18.2 Å². The molecule has 1 aromatic carbocycles. The maximum absolute atomic E-state index is 13.4. The predicted octanol–water partition coefficient (Wildman–Crippen LogP) is 2.36. The van der Waals surface area contributed by atoms with Crippen LogP contribution in [0, 0.1) is 5.82 Å². The lowest BCUT2D eigenvalue weighted by Crippen LogP contribution is -2.11. The summed E-state index contributed by atoms with van der Waals surface area (Å²) in [6.07, 6.45) is 0.696. The number of rotatable bonds is 7. The molecule has 0 amide bonds. The first-order valence-electron chi connectivity index (χ1n) is 5.50. The Labute approximate surface area is 99.4 Å². The lowest BCUT2D eigenvalue weighted by molar-refractivity contribution is 0.0697. The van der Waals surface area contributed by atoms with Crippen molar-refractivity contribution in [2.45, 2.75) is 13.3 Å². The van der Waals surface area contributed by atoms with Gasteiger partial charge in [-0.2, -0.15) is 0 Å². The van der Waals surface area contributed by atoms with Crippen LogP contribution in [0.5, 0.6) is 0 Å². The van der Waals surface area contributed by atoms with E-state index in [9.17, 15) is 9.18 Å². The first-order valence-corrected chi connectivity index (χ1v) is 5.50. The molecule has 0 bridgehead atoms. The van der Waals surface area contributed by atoms with Gasteiger partial charge < -0.3 is 15.2 Å². The fourth-order valence-corrected chi connectivity index (χ4v) is 1.41. The highest BCUT2D eigenvalue weighted by atomic mass is 19.1. The summed E-state index contributed by atoms with van der Waals surface area (Å²) in [5.41, 5.74) is -0.0158. The van der Waals surface area contributed by atoms with E-state index in [1.807, 2.05) is 6.92 Å². The first-order chi connectivity index (χ1) is 8.16. The van der Waals surface area contributed by atoms with Crippen molar-refractivity contribution in [3.8, 4) is 0 Å². The van der Waals surface area contributed by atoms with Crippen LogP contribution < -0.4 is 5.32 Å². The van der Waals surface area contributed by atoms with Crippen LogP contribution in [-0.4, -0.2) is 30.8 Å². The van der Waals surface area contributed by atoms with Crippen molar-refractivity contribution in [2.24, 2.45) is 0 Å². The van der Waals surface area contributed by atoms with Crippen LogP contribution in [0.1, 0.15) is 23.7 Å². The fourth-order valence-electron chi connectivity index (χ4n) is 1.41. The molecule has 0 aliphatic carbocycles. The Bertz CT molecular complexity index is 382. The number of carboxylic acids is 1. The normalized spacial score (nSPS) is 10.2. The van der Waals surface area contributed by atoms with E-state index in [0.717, 1.165) is 0 Å². The zero-order valence-electron chi connectivity index (χ0n) is 9.70. The van der Waals surface area contributed by atoms with Crippen molar-refractivity contribution in [2.75, 3.05) is 25.1 Å². The molecule has 5 heteroatoms. The molecule has 0 aliphatic rings. The van der Waals surface area contributed by atoms with E-state index in [4.69, 9.17) is 9.84 Å². The quantitative estimate of drug-likeness (QED) is 0.719. The monoisotopic (exact) mass is 241 g/mol. The van der Waals surface area contributed by atoms with E-state index in [1.54, 1.807) is 0 Å². The van der Waals surface area contributed by atoms with E-state index in [-0.39, 0.29) is 11.3 Å². The number of para-hydroxylation sites is 1. The molecular formula is C12H16FNO3. The molecule has 0 unspecified atom stereocenters. The van der Waals surface area contributed by atoms with E-state index >= 15 is 0 Å². The molecule has 0 spiro atoms. The Morgan fingerprint density at radius 1 is 1.53 bits per heavy atom. The zero-order valence-corrected chi connectivity index (χ0v) is 9.70. The van der Waals surface area contributed by atoms with Gasteiger partial charge >= 0.3 is 5.97 Å². The summed E-state index contributed by atoms with van der Waals surface area (Å²) in [6, 6.07) is 3.98. The fraction of sp³-hybridized carbons (Fsp3) is 0.417. The number of carboxylic acid groups (broad SMARTS) is 1. The lowest BCUT2D eigenvalue weighted by atomic mass is 10.1. The second kappa shape index (κ2) is 6.85. The van der Waals surface area contributed by atoms with Gasteiger partial charge in [-0.1, -0.05) is 6.07 Å². The van der Waals surface area contributed by atoms with Crippen LogP contribution in [0.25, 0.3) is 0 Å². The van der Waals surface area contributed by atoms with Gasteiger partial charge in [-0.3, -0.25) is 0 Å². The van der Waals surface area contributed by atoms with E-state index in [1.165, 1.54) is 18.2 Å². The van der Waals surface area contributed by atoms with Crippen molar-refractivity contribution in [1.82, 2.24) is 0 Å². The molecule has 0 saturated carbocycles. The minimum absolute atomic E-state index is 0.0384. The number of ether oxygens (including phenoxy) is 1. The average Bonchev–Trinajstić information content (AvgIpc) is 2.30. The van der Waals surface area contributed by atoms with Gasteiger partial charge in [0.15, 0.2) is 0 Å². The number of benzene rings is 1. The molecule has 1 aromatic rings. The number of hydrogen-bond donors (Lipinski definition) is 2. The van der Waals surface area contributed by atoms with Crippen LogP contribution in [0.3, 0.4) is 0 Å². The molecule has 0 atom stereocenters. The Balaban J connectivity index is 2.60. The minimum atomic E-state index is -1.14. The summed E-state index contributed by atoms with van der Waals surface area (Å²) in [7, 11) is 0. The second-order valence-corrected chi connectivity index (χ2v) is 3.44. The van der Waals surface area contributed by atoms with E-state index in [2.05, 4.69) is 5.32 Å². The third kappa shape index (κ3) is 4.03. The van der Waals surface area contributed by atoms with Crippen LogP contribution in [0.2, 0.25) is 0 Å². The summed E-state index contributed by atoms with van der Waals surface area (Å²) in [5, 5.41) is 11.7. The molecule has 0 aromatic heterocycles. The summed E-state index contributed by atoms with van der Waals surface area (Å²) in [5.74, 6) is -1.70. The Kier molecular flexibility index (Phi) is 5.42. The van der Waals surface area contributed by atoms with Gasteiger partial charge in [0.2, 0.25) is 0 Å². The molecule has 17 heavy (non-hydrogen) atoms. The summed E-state index contributed by atoms with van der Waals surface area (Å²) in [4.78, 5) is 10.9. The van der Waals surface area contributed by atoms with Crippen molar-refractivity contribution < 1.29 is 19.0 Å². The van der Waals surface area contributed by atoms with Crippen LogP contribution in [-0.2, 0) is 4.74 Å². The zero-order chi connectivity index (χ0) is 12.7. The highest BCUT2D eigenvalue weighted by Gasteiger charge is 2.13. The molecule has 0 saturated heterocycles. The van der Waals surface area contributed by atoms with Crippen molar-refractivity contribution in [3.05, 3.63) is 29.6 Å². The molecule has 0 radical (unpaired) electrons. The molecule has 0 heterocycles. The van der Waals surface area contributed by atoms with Crippen molar-refractivity contribution in [3.63, 3.8) is 0 Å². The summed E-state index contributed by atoms with van der Waals surface area (Å²) < 4.78 is 18.6. The van der Waals surface area contributed by atoms with Gasteiger partial charge in [-0.25, -0.2) is 9.18 Å². The molecule has 0 aliphatic heterocycles. The SMILES string of the molecule is CCOCCCNc1c(F)cccc1C(=O)O. The number of aromatic carboxylic acids is 1. The highest BCUT2D eigenvalue weighted by Crippen LogP contribution is 2.19. The maximum Gasteiger partial charge on any atom is 0.337 e. The first kappa shape index (κ1) is 13.4. The van der Waals surface area contributed by atoms with Crippen LogP contribution in [0.4, 0.5) is 10.1 Å². The molecule has 94 valence electrons. The third-order valence-corrected chi connectivity index (χ3v) is 2.22. The second-order valence-electron chi connectivity index (χ2n) is 3.44. The number of anilines is 1. The molecule has 4 nitrogen and oxygen atoms in total. The van der Waals surface area contributed by atoms with E-state index < -0.39 is 11.8 Å². The Morgan fingerprint density at radius 2 is 2.29 bits per heavy atom. The highest BCUT2D eigenvalue weighted by molar-refractivity contribution is 5.94. The van der Waals surface area contributed by atoms with E-state index in [0.29, 0.717) is 26.2 Å². The molecular weight excluding hydrogens is 225 g/mol. The number of carbonyl (C=O) groups is 1. The number of hydrogen-bond acceptors (Lipinski definition) is 3. The minimum Gasteiger partial charge on any atom is -0.478 e. The summed E-state index contributed by atoms with van der Waals surface area (Å²) >= 11 is 0. The van der Waals surface area contributed by atoms with Crippen molar-refractivity contribution in [1.29, 1.82) is 0 Å². The predicted molar refractivity (Wildman–Crippen MR) is 63.0 cm³/mol. The van der Waals surface area contributed by atoms with Crippen molar-refractivity contribution >= 4 is 11.7 Å². The largest absolute Gasteiger partial charge is 0.478 e. The van der Waals surface area contributed by atoms with Gasteiger partial charge in [0.1, 0.15) is 5.82 Å². The molecule has 2 N–H and O–H groups in total. The summed E-state index contributed by atoms with van der Waals surface area (Å²) in [6.45, 7) is 3.58. The van der Waals surface area contributed by atoms with Crippen LogP contribution >= 0.6 is 0 Å². The molecule has 0 fully saturated rings. The lowest BCUT2D eigenvalue weighted by Gasteiger charge is -2.10. The standard InChI is InChI=1S/C12H16FNO3/c1-2-17-8-4-7-14-11-9(12(15)16)5-3-6-10(11)13/h3,5-6,14H,2,4,7-8H2,1H3,(H,15,16). The maximum atomic E-state index is 13.4. The van der Waals surface area contributed by atoms with Gasteiger partial charge in [-0.05, 0) is 25.5 Å². The smallest absolute Gasteiger partial charge is 0.337 e. The van der Waals surface area contributed by atoms with Gasteiger partial charge in [-0.15, -0.1) is 0 Å². The van der Waals surface area contributed by atoms with Gasteiger partial charge in [0.25, 0.3) is 0 Å². The number of nitrogens with one attached hydrogen (secondary N) is 1.